The van der Waals surface area contributed by atoms with Crippen LogP contribution in [0.1, 0.15) is 23.6 Å². The first-order chi connectivity index (χ1) is 15.9. The van der Waals surface area contributed by atoms with Crippen molar-refractivity contribution >= 4 is 28.3 Å². The fraction of sp³-hybridized carbons (Fsp3) is 0.185. The number of anilines is 1. The zero-order chi connectivity index (χ0) is 23.5. The van der Waals surface area contributed by atoms with E-state index < -0.39 is 0 Å². The molecule has 0 atom stereocenters. The molecule has 4 rings (SSSR count). The molecule has 4 aromatic rings. The number of rotatable bonds is 6. The van der Waals surface area contributed by atoms with Crippen LogP contribution in [0.4, 0.5) is 5.82 Å². The van der Waals surface area contributed by atoms with Crippen molar-refractivity contribution in [2.75, 3.05) is 19.5 Å². The summed E-state index contributed by atoms with van der Waals surface area (Å²) in [7, 11) is 3.26. The highest BCUT2D eigenvalue weighted by molar-refractivity contribution is 6.05. The number of nitrogens with one attached hydrogen (secondary N) is 1. The van der Waals surface area contributed by atoms with E-state index in [9.17, 15) is 4.79 Å². The van der Waals surface area contributed by atoms with Crippen molar-refractivity contribution in [3.8, 4) is 22.6 Å². The summed E-state index contributed by atoms with van der Waals surface area (Å²) in [5.41, 5.74) is 6.02. The van der Waals surface area contributed by atoms with Crippen molar-refractivity contribution in [3.63, 3.8) is 0 Å². The number of ether oxygens (including phenoxy) is 2. The third-order valence-electron chi connectivity index (χ3n) is 5.65. The summed E-state index contributed by atoms with van der Waals surface area (Å²) < 4.78 is 17.0. The molecule has 6 heteroatoms. The molecule has 0 bridgehead atoms. The number of amides is 1. The number of pyridine rings is 1. The summed E-state index contributed by atoms with van der Waals surface area (Å²) in [5, 5.41) is 3.78. The number of benzene rings is 2. The molecule has 2 aromatic heterocycles. The van der Waals surface area contributed by atoms with E-state index in [0.717, 1.165) is 50.1 Å². The molecule has 0 saturated carbocycles. The minimum absolute atomic E-state index is 0.255. The number of carbonyl (C=O) groups is 1. The lowest BCUT2D eigenvalue weighted by Gasteiger charge is -2.13. The number of hydrogen-bond donors (Lipinski definition) is 1. The molecule has 1 N–H and O–H groups in total. The smallest absolute Gasteiger partial charge is 0.249 e. The van der Waals surface area contributed by atoms with Gasteiger partial charge in [0.25, 0.3) is 0 Å². The van der Waals surface area contributed by atoms with Crippen LogP contribution in [0.2, 0.25) is 0 Å². The van der Waals surface area contributed by atoms with E-state index in [2.05, 4.69) is 10.3 Å². The first-order valence-electron chi connectivity index (χ1n) is 10.6. The molecule has 168 valence electrons. The van der Waals surface area contributed by atoms with Gasteiger partial charge in [0.15, 0.2) is 0 Å². The van der Waals surface area contributed by atoms with Gasteiger partial charge in [0.1, 0.15) is 22.9 Å². The van der Waals surface area contributed by atoms with Crippen LogP contribution in [0, 0.1) is 13.8 Å². The Bertz CT molecular complexity index is 1370. The van der Waals surface area contributed by atoms with Gasteiger partial charge >= 0.3 is 0 Å². The van der Waals surface area contributed by atoms with Crippen LogP contribution < -0.4 is 14.8 Å². The highest BCUT2D eigenvalue weighted by Gasteiger charge is 2.19. The quantitative estimate of drug-likeness (QED) is 0.362. The van der Waals surface area contributed by atoms with E-state index in [0.29, 0.717) is 11.6 Å². The number of allylic oxidation sites excluding steroid dienone is 1. The second-order valence-electron chi connectivity index (χ2n) is 7.83. The van der Waals surface area contributed by atoms with E-state index in [1.54, 1.807) is 32.8 Å². The maximum absolute atomic E-state index is 12.7. The largest absolute Gasteiger partial charge is 0.497 e. The molecule has 0 unspecified atom stereocenters. The van der Waals surface area contributed by atoms with E-state index in [4.69, 9.17) is 13.9 Å². The SMILES string of the molecule is COc1cccc(-c2coc3c(C)c(OC)c(/C(C)=C/C(=O)Nc4ncccc4C)cc23)c1. The zero-order valence-corrected chi connectivity index (χ0v) is 19.4. The minimum atomic E-state index is -0.255. The normalized spacial score (nSPS) is 11.5. The van der Waals surface area contributed by atoms with Gasteiger partial charge in [0, 0.05) is 34.3 Å². The highest BCUT2D eigenvalue weighted by Crippen LogP contribution is 2.41. The third kappa shape index (κ3) is 4.32. The lowest BCUT2D eigenvalue weighted by molar-refractivity contribution is -0.111. The van der Waals surface area contributed by atoms with E-state index in [-0.39, 0.29) is 5.91 Å². The summed E-state index contributed by atoms with van der Waals surface area (Å²) >= 11 is 0. The van der Waals surface area contributed by atoms with Crippen molar-refractivity contribution in [2.24, 2.45) is 0 Å². The van der Waals surface area contributed by atoms with Gasteiger partial charge in [-0.1, -0.05) is 18.2 Å². The fourth-order valence-electron chi connectivity index (χ4n) is 3.93. The summed E-state index contributed by atoms with van der Waals surface area (Å²) in [6.07, 6.45) is 4.95. The molecule has 0 spiro atoms. The number of fused-ring (bicyclic) bond motifs is 1. The van der Waals surface area contributed by atoms with Crippen molar-refractivity contribution in [3.05, 3.63) is 77.7 Å². The molecule has 0 aliphatic carbocycles. The maximum atomic E-state index is 12.7. The molecule has 0 radical (unpaired) electrons. The van der Waals surface area contributed by atoms with Crippen molar-refractivity contribution in [1.82, 2.24) is 4.98 Å². The maximum Gasteiger partial charge on any atom is 0.249 e. The number of hydrogen-bond acceptors (Lipinski definition) is 5. The highest BCUT2D eigenvalue weighted by atomic mass is 16.5. The number of nitrogens with zero attached hydrogens (tertiary/aromatic N) is 1. The number of aromatic nitrogens is 1. The van der Waals surface area contributed by atoms with Gasteiger partial charge in [0.05, 0.1) is 20.5 Å². The van der Waals surface area contributed by atoms with Gasteiger partial charge < -0.3 is 19.2 Å². The molecule has 33 heavy (non-hydrogen) atoms. The lowest BCUT2D eigenvalue weighted by Crippen LogP contribution is -2.11. The van der Waals surface area contributed by atoms with Crippen LogP contribution in [0.25, 0.3) is 27.7 Å². The fourth-order valence-corrected chi connectivity index (χ4v) is 3.93. The Morgan fingerprint density at radius 3 is 2.64 bits per heavy atom. The average molecular weight is 443 g/mol. The standard InChI is InChI=1S/C27H26N2O4/c1-16-8-7-11-28-27(16)29-24(30)12-17(2)21-14-22-23(19-9-6-10-20(13-19)31-4)15-33-26(22)18(3)25(21)32-5/h6-15H,1-5H3,(H,28,29,30)/b17-12+. The van der Waals surface area contributed by atoms with E-state index in [1.807, 2.05) is 63.2 Å². The molecule has 1 amide bonds. The van der Waals surface area contributed by atoms with Gasteiger partial charge in [-0.3, -0.25) is 4.79 Å². The Hall–Kier alpha value is -4.06. The van der Waals surface area contributed by atoms with E-state index >= 15 is 0 Å². The van der Waals surface area contributed by atoms with Crippen molar-refractivity contribution in [2.45, 2.75) is 20.8 Å². The Morgan fingerprint density at radius 2 is 1.91 bits per heavy atom. The van der Waals surface area contributed by atoms with Crippen LogP contribution in [0.5, 0.6) is 11.5 Å². The number of furan rings is 1. The number of carbonyl (C=O) groups excluding carboxylic acids is 1. The first-order valence-corrected chi connectivity index (χ1v) is 10.6. The summed E-state index contributed by atoms with van der Waals surface area (Å²) in [5.74, 6) is 1.73. The molecule has 2 heterocycles. The molecule has 0 fully saturated rings. The first kappa shape index (κ1) is 22.1. The van der Waals surface area contributed by atoms with Gasteiger partial charge in [-0.2, -0.15) is 0 Å². The molecule has 2 aromatic carbocycles. The Morgan fingerprint density at radius 1 is 1.09 bits per heavy atom. The van der Waals surface area contributed by atoms with Crippen LogP contribution in [0.3, 0.4) is 0 Å². The van der Waals surface area contributed by atoms with E-state index in [1.165, 1.54) is 0 Å². The summed E-state index contributed by atoms with van der Waals surface area (Å²) in [6.45, 7) is 5.74. The van der Waals surface area contributed by atoms with Crippen LogP contribution in [-0.4, -0.2) is 25.1 Å². The molecular weight excluding hydrogens is 416 g/mol. The summed E-state index contributed by atoms with van der Waals surface area (Å²) in [4.78, 5) is 16.9. The second-order valence-corrected chi connectivity index (χ2v) is 7.83. The molecule has 0 aliphatic heterocycles. The Balaban J connectivity index is 1.78. The van der Waals surface area contributed by atoms with Crippen molar-refractivity contribution in [1.29, 1.82) is 0 Å². The topological polar surface area (TPSA) is 73.6 Å². The Kier molecular flexibility index (Phi) is 6.18. The number of aryl methyl sites for hydroxylation is 2. The van der Waals surface area contributed by atoms with Gasteiger partial charge in [-0.25, -0.2) is 4.98 Å². The predicted molar refractivity (Wildman–Crippen MR) is 131 cm³/mol. The monoisotopic (exact) mass is 442 g/mol. The third-order valence-corrected chi connectivity index (χ3v) is 5.65. The van der Waals surface area contributed by atoms with Gasteiger partial charge in [-0.05, 0) is 61.7 Å². The second kappa shape index (κ2) is 9.20. The lowest BCUT2D eigenvalue weighted by atomic mass is 9.96. The van der Waals surface area contributed by atoms with Crippen LogP contribution in [-0.2, 0) is 4.79 Å². The Labute approximate surface area is 192 Å². The average Bonchev–Trinajstić information content (AvgIpc) is 3.25. The van der Waals surface area contributed by atoms with Crippen LogP contribution in [0.15, 0.2) is 65.4 Å². The van der Waals surface area contributed by atoms with Gasteiger partial charge in [-0.15, -0.1) is 0 Å². The number of methoxy groups -OCH3 is 2. The summed E-state index contributed by atoms with van der Waals surface area (Å²) in [6, 6.07) is 13.6. The molecular formula is C27H26N2O4. The zero-order valence-electron chi connectivity index (χ0n) is 19.4. The molecule has 0 aliphatic rings. The van der Waals surface area contributed by atoms with Gasteiger partial charge in [0.2, 0.25) is 5.91 Å². The molecule has 0 saturated heterocycles. The molecule has 6 nitrogen and oxygen atoms in total. The van der Waals surface area contributed by atoms with Crippen molar-refractivity contribution < 1.29 is 18.7 Å². The van der Waals surface area contributed by atoms with Crippen LogP contribution >= 0.6 is 0 Å². The predicted octanol–water partition coefficient (Wildman–Crippen LogP) is 6.17. The minimum Gasteiger partial charge on any atom is -0.497 e.